The fraction of sp³-hybridized carbons (Fsp3) is 0.750. The van der Waals surface area contributed by atoms with Gasteiger partial charge < -0.3 is 4.74 Å². The van der Waals surface area contributed by atoms with Crippen LogP contribution in [0.4, 0.5) is 26.3 Å². The normalized spacial score (nSPS) is 22.5. The summed E-state index contributed by atoms with van der Waals surface area (Å²) in [6.07, 6.45) is -10.9. The number of rotatable bonds is 0. The van der Waals surface area contributed by atoms with E-state index in [1.54, 1.807) is 0 Å². The largest absolute Gasteiger partial charge is 0.426 e. The average Bonchev–Trinajstić information content (AvgIpc) is 1.99. The van der Waals surface area contributed by atoms with E-state index in [1.165, 1.54) is 13.0 Å². The average molecular weight is 234 g/mol. The van der Waals surface area contributed by atoms with Crippen molar-refractivity contribution >= 4 is 0 Å². The summed E-state index contributed by atoms with van der Waals surface area (Å²) >= 11 is 0. The summed E-state index contributed by atoms with van der Waals surface area (Å²) in [4.78, 5) is 0. The minimum Gasteiger partial charge on any atom is -0.354 e. The molecule has 88 valence electrons. The summed E-state index contributed by atoms with van der Waals surface area (Å²) in [5.74, 6) is 0. The Labute approximate surface area is 81.7 Å². The van der Waals surface area contributed by atoms with E-state index in [4.69, 9.17) is 0 Å². The maximum absolute atomic E-state index is 12.4. The predicted octanol–water partition coefficient (Wildman–Crippen LogP) is 3.22. The number of hydrogen-bond acceptors (Lipinski definition) is 1. The van der Waals surface area contributed by atoms with E-state index in [-0.39, 0.29) is 5.57 Å². The van der Waals surface area contributed by atoms with Gasteiger partial charge in [-0.05, 0) is 6.92 Å². The van der Waals surface area contributed by atoms with Gasteiger partial charge >= 0.3 is 12.4 Å². The van der Waals surface area contributed by atoms with Crippen LogP contribution in [0.1, 0.15) is 13.3 Å². The lowest BCUT2D eigenvalue weighted by molar-refractivity contribution is -0.380. The van der Waals surface area contributed by atoms with Gasteiger partial charge in [-0.2, -0.15) is 26.3 Å². The van der Waals surface area contributed by atoms with Crippen LogP contribution in [-0.2, 0) is 4.74 Å². The summed E-state index contributed by atoms with van der Waals surface area (Å²) in [7, 11) is 0. The maximum atomic E-state index is 12.4. The van der Waals surface area contributed by atoms with Gasteiger partial charge in [-0.3, -0.25) is 0 Å². The summed E-state index contributed by atoms with van der Waals surface area (Å²) in [6, 6.07) is 0. The van der Waals surface area contributed by atoms with E-state index in [9.17, 15) is 26.3 Å². The van der Waals surface area contributed by atoms with Crippen LogP contribution in [0.15, 0.2) is 11.6 Å². The quantitative estimate of drug-likeness (QED) is 0.462. The minimum atomic E-state index is -5.46. The van der Waals surface area contributed by atoms with Crippen molar-refractivity contribution < 1.29 is 31.1 Å². The van der Waals surface area contributed by atoms with Crippen LogP contribution < -0.4 is 0 Å². The Bertz CT molecular complexity index is 260. The predicted molar refractivity (Wildman–Crippen MR) is 39.2 cm³/mol. The zero-order valence-corrected chi connectivity index (χ0v) is 7.67. The highest BCUT2D eigenvalue weighted by Crippen LogP contribution is 2.50. The summed E-state index contributed by atoms with van der Waals surface area (Å²) in [5, 5.41) is 0. The molecule has 0 radical (unpaired) electrons. The van der Waals surface area contributed by atoms with Gasteiger partial charge in [-0.15, -0.1) is 0 Å². The molecule has 1 nitrogen and oxygen atoms in total. The fourth-order valence-electron chi connectivity index (χ4n) is 1.37. The third kappa shape index (κ3) is 1.97. The second-order valence-corrected chi connectivity index (χ2v) is 3.36. The van der Waals surface area contributed by atoms with Crippen molar-refractivity contribution in [3.05, 3.63) is 11.6 Å². The molecule has 1 aliphatic rings. The zero-order valence-electron chi connectivity index (χ0n) is 7.67. The van der Waals surface area contributed by atoms with Crippen LogP contribution in [-0.4, -0.2) is 24.6 Å². The number of alkyl halides is 6. The molecular weight excluding hydrogens is 226 g/mol. The smallest absolute Gasteiger partial charge is 0.354 e. The molecule has 0 aliphatic carbocycles. The van der Waals surface area contributed by atoms with Gasteiger partial charge in [-0.1, -0.05) is 11.6 Å². The van der Waals surface area contributed by atoms with Crippen LogP contribution in [0, 0.1) is 0 Å². The van der Waals surface area contributed by atoms with Crippen LogP contribution in [0.5, 0.6) is 0 Å². The van der Waals surface area contributed by atoms with Gasteiger partial charge in [0.05, 0.1) is 6.61 Å². The molecule has 0 fully saturated rings. The van der Waals surface area contributed by atoms with E-state index >= 15 is 0 Å². The van der Waals surface area contributed by atoms with Crippen molar-refractivity contribution in [2.24, 2.45) is 0 Å². The van der Waals surface area contributed by atoms with E-state index in [0.29, 0.717) is 0 Å². The Morgan fingerprint density at radius 3 is 1.87 bits per heavy atom. The number of hydrogen-bond donors (Lipinski definition) is 0. The van der Waals surface area contributed by atoms with Crippen LogP contribution in [0.2, 0.25) is 0 Å². The molecule has 0 aromatic carbocycles. The molecule has 0 aromatic heterocycles. The molecule has 0 bridgehead atoms. The molecule has 0 amide bonds. The van der Waals surface area contributed by atoms with E-state index in [1.807, 2.05) is 0 Å². The molecule has 7 heteroatoms. The molecule has 1 rings (SSSR count). The molecule has 1 heterocycles. The van der Waals surface area contributed by atoms with Gasteiger partial charge in [-0.25, -0.2) is 0 Å². The Kier molecular flexibility index (Phi) is 2.80. The van der Waals surface area contributed by atoms with Crippen LogP contribution in [0.3, 0.4) is 0 Å². The highest BCUT2D eigenvalue weighted by atomic mass is 19.4. The molecule has 1 aliphatic heterocycles. The standard InChI is InChI=1S/C8H8F6O/c1-5-2-3-15-6(4-5,7(9,10)11)8(12,13)14/h2H,3-4H2,1H3. The second kappa shape index (κ2) is 3.40. The molecule has 0 aromatic rings. The molecular formula is C8H8F6O. The monoisotopic (exact) mass is 234 g/mol. The van der Waals surface area contributed by atoms with Crippen molar-refractivity contribution in [1.29, 1.82) is 0 Å². The summed E-state index contributed by atoms with van der Waals surface area (Å²) in [6.45, 7) is 0.541. The fourth-order valence-corrected chi connectivity index (χ4v) is 1.37. The van der Waals surface area contributed by atoms with Crippen LogP contribution >= 0.6 is 0 Å². The zero-order chi connectivity index (χ0) is 11.9. The topological polar surface area (TPSA) is 9.23 Å². The molecule has 0 atom stereocenters. The first kappa shape index (κ1) is 12.4. The Balaban J connectivity index is 3.16. The van der Waals surface area contributed by atoms with E-state index in [2.05, 4.69) is 4.74 Å². The first-order valence-corrected chi connectivity index (χ1v) is 4.03. The van der Waals surface area contributed by atoms with E-state index in [0.717, 1.165) is 0 Å². The molecule has 15 heavy (non-hydrogen) atoms. The highest BCUT2D eigenvalue weighted by Gasteiger charge is 2.72. The Hall–Kier alpha value is -0.720. The molecule has 0 N–H and O–H groups in total. The lowest BCUT2D eigenvalue weighted by atomic mass is 9.91. The van der Waals surface area contributed by atoms with Gasteiger partial charge in [0, 0.05) is 6.42 Å². The van der Waals surface area contributed by atoms with E-state index < -0.39 is 31.0 Å². The maximum Gasteiger partial charge on any atom is 0.426 e. The SMILES string of the molecule is CC1=CCOC(C(F)(F)F)(C(F)(F)F)C1. The molecule has 0 saturated carbocycles. The van der Waals surface area contributed by atoms with Crippen LogP contribution in [0.25, 0.3) is 0 Å². The lowest BCUT2D eigenvalue weighted by Crippen LogP contribution is -2.59. The van der Waals surface area contributed by atoms with Crippen molar-refractivity contribution in [3.63, 3.8) is 0 Å². The number of halogens is 6. The Morgan fingerprint density at radius 1 is 1.13 bits per heavy atom. The summed E-state index contributed by atoms with van der Waals surface area (Å²) in [5.41, 5.74) is -4.02. The Morgan fingerprint density at radius 2 is 1.60 bits per heavy atom. The first-order valence-electron chi connectivity index (χ1n) is 4.03. The van der Waals surface area contributed by atoms with Gasteiger partial charge in [0.25, 0.3) is 5.60 Å². The highest BCUT2D eigenvalue weighted by molar-refractivity contribution is 5.13. The van der Waals surface area contributed by atoms with Gasteiger partial charge in [0.2, 0.25) is 0 Å². The van der Waals surface area contributed by atoms with Crippen molar-refractivity contribution in [1.82, 2.24) is 0 Å². The molecule has 0 unspecified atom stereocenters. The van der Waals surface area contributed by atoms with Crippen molar-refractivity contribution in [2.45, 2.75) is 31.3 Å². The minimum absolute atomic E-state index is 0.0240. The number of ether oxygens (including phenoxy) is 1. The first-order chi connectivity index (χ1) is 6.60. The van der Waals surface area contributed by atoms with Gasteiger partial charge in [0.15, 0.2) is 0 Å². The third-order valence-corrected chi connectivity index (χ3v) is 2.21. The molecule has 0 spiro atoms. The van der Waals surface area contributed by atoms with Crippen molar-refractivity contribution in [2.75, 3.05) is 6.61 Å². The molecule has 0 saturated heterocycles. The lowest BCUT2D eigenvalue weighted by Gasteiger charge is -2.39. The second-order valence-electron chi connectivity index (χ2n) is 3.36. The van der Waals surface area contributed by atoms with Crippen molar-refractivity contribution in [3.8, 4) is 0 Å². The summed E-state index contributed by atoms with van der Waals surface area (Å²) < 4.78 is 78.3. The van der Waals surface area contributed by atoms with Gasteiger partial charge in [0.1, 0.15) is 0 Å². The third-order valence-electron chi connectivity index (χ3n) is 2.21.